The van der Waals surface area contributed by atoms with Crippen molar-refractivity contribution in [1.29, 1.82) is 0 Å². The molecule has 1 aliphatic heterocycles. The summed E-state index contributed by atoms with van der Waals surface area (Å²) < 4.78 is 20.6. The van der Waals surface area contributed by atoms with Crippen LogP contribution in [-0.4, -0.2) is 70.7 Å². The van der Waals surface area contributed by atoms with E-state index < -0.39 is 55.4 Å². The van der Waals surface area contributed by atoms with Gasteiger partial charge in [-0.3, -0.25) is 9.59 Å². The van der Waals surface area contributed by atoms with Gasteiger partial charge in [0.1, 0.15) is 31.0 Å². The van der Waals surface area contributed by atoms with Gasteiger partial charge < -0.3 is 34.3 Å². The standard InChI is InChI=1S/C18H24O9/c1-10(19)24-9-13(26-11(2)20)16-14(21)15(22)17(18(23)27-16)25-8-12-6-4-3-5-7-12/h3-7,13-18,21-23H,8-9H2,1-2H3/t13-,14-,15-,16+,17-,18-/m0/s1. The molecule has 3 N–H and O–H groups in total. The second-order valence-electron chi connectivity index (χ2n) is 6.18. The number of hydrogen-bond donors (Lipinski definition) is 3. The number of carbonyl (C=O) groups excluding carboxylic acids is 2. The summed E-state index contributed by atoms with van der Waals surface area (Å²) in [5.74, 6) is -1.32. The Bertz CT molecular complexity index is 621. The van der Waals surface area contributed by atoms with E-state index in [1.54, 1.807) is 12.1 Å². The molecular weight excluding hydrogens is 360 g/mol. The van der Waals surface area contributed by atoms with Crippen molar-refractivity contribution in [2.75, 3.05) is 6.61 Å². The first-order chi connectivity index (χ1) is 12.8. The van der Waals surface area contributed by atoms with Crippen LogP contribution in [0.4, 0.5) is 0 Å². The van der Waals surface area contributed by atoms with Crippen LogP contribution in [0.3, 0.4) is 0 Å². The second kappa shape index (κ2) is 9.77. The Morgan fingerprint density at radius 2 is 1.74 bits per heavy atom. The third-order valence-corrected chi connectivity index (χ3v) is 4.02. The minimum Gasteiger partial charge on any atom is -0.462 e. The molecule has 0 radical (unpaired) electrons. The molecule has 1 saturated heterocycles. The molecule has 6 atom stereocenters. The Balaban J connectivity index is 2.04. The Labute approximate surface area is 156 Å². The van der Waals surface area contributed by atoms with E-state index in [0.29, 0.717) is 0 Å². The number of carbonyl (C=O) groups is 2. The first-order valence-corrected chi connectivity index (χ1v) is 8.45. The van der Waals surface area contributed by atoms with Crippen molar-refractivity contribution in [1.82, 2.24) is 0 Å². The topological polar surface area (TPSA) is 132 Å². The maximum absolute atomic E-state index is 11.3. The molecule has 1 fully saturated rings. The third-order valence-electron chi connectivity index (χ3n) is 4.02. The Morgan fingerprint density at radius 3 is 2.33 bits per heavy atom. The van der Waals surface area contributed by atoms with E-state index >= 15 is 0 Å². The zero-order chi connectivity index (χ0) is 20.0. The van der Waals surface area contributed by atoms with Gasteiger partial charge in [0.05, 0.1) is 6.61 Å². The number of hydrogen-bond acceptors (Lipinski definition) is 9. The lowest BCUT2D eigenvalue weighted by atomic mass is 9.95. The number of rotatable bonds is 7. The minimum atomic E-state index is -1.59. The van der Waals surface area contributed by atoms with Crippen LogP contribution in [0.15, 0.2) is 30.3 Å². The van der Waals surface area contributed by atoms with Crippen LogP contribution < -0.4 is 0 Å². The Morgan fingerprint density at radius 1 is 1.07 bits per heavy atom. The molecule has 0 unspecified atom stereocenters. The van der Waals surface area contributed by atoms with Gasteiger partial charge in [0.25, 0.3) is 0 Å². The van der Waals surface area contributed by atoms with Gasteiger partial charge in [-0.2, -0.15) is 0 Å². The lowest BCUT2D eigenvalue weighted by Gasteiger charge is -2.42. The van der Waals surface area contributed by atoms with Gasteiger partial charge in [0.2, 0.25) is 0 Å². The molecule has 1 aromatic rings. The van der Waals surface area contributed by atoms with Crippen LogP contribution >= 0.6 is 0 Å². The van der Waals surface area contributed by atoms with Crippen LogP contribution in [0.2, 0.25) is 0 Å². The predicted octanol–water partition coefficient (Wildman–Crippen LogP) is -0.494. The number of esters is 2. The minimum absolute atomic E-state index is 0.0845. The highest BCUT2D eigenvalue weighted by atomic mass is 16.7. The summed E-state index contributed by atoms with van der Waals surface area (Å²) in [6.07, 6.45) is -8.39. The van der Waals surface area contributed by atoms with E-state index in [4.69, 9.17) is 18.9 Å². The maximum Gasteiger partial charge on any atom is 0.303 e. The van der Waals surface area contributed by atoms with Gasteiger partial charge in [-0.1, -0.05) is 30.3 Å². The van der Waals surface area contributed by atoms with Crippen molar-refractivity contribution in [3.63, 3.8) is 0 Å². The van der Waals surface area contributed by atoms with Gasteiger partial charge in [-0.15, -0.1) is 0 Å². The molecule has 2 rings (SSSR count). The van der Waals surface area contributed by atoms with Crippen molar-refractivity contribution in [2.45, 2.75) is 57.3 Å². The summed E-state index contributed by atoms with van der Waals surface area (Å²) in [7, 11) is 0. The summed E-state index contributed by atoms with van der Waals surface area (Å²) in [5, 5.41) is 30.9. The SMILES string of the molecule is CC(=O)OC[C@H](OC(C)=O)[C@H]1O[C@H](O)[C@@H](OCc2ccccc2)[C@@H](O)[C@@H]1O. The third kappa shape index (κ3) is 5.98. The molecule has 27 heavy (non-hydrogen) atoms. The van der Waals surface area contributed by atoms with Crippen LogP contribution in [0, 0.1) is 0 Å². The summed E-state index contributed by atoms with van der Waals surface area (Å²) >= 11 is 0. The van der Waals surface area contributed by atoms with Gasteiger partial charge in [-0.05, 0) is 5.56 Å². The maximum atomic E-state index is 11.3. The van der Waals surface area contributed by atoms with Crippen LogP contribution in [0.25, 0.3) is 0 Å². The fourth-order valence-electron chi connectivity index (χ4n) is 2.74. The Kier molecular flexibility index (Phi) is 7.69. The first kappa shape index (κ1) is 21.3. The average Bonchev–Trinajstić information content (AvgIpc) is 2.62. The predicted molar refractivity (Wildman–Crippen MR) is 90.1 cm³/mol. The molecule has 9 nitrogen and oxygen atoms in total. The van der Waals surface area contributed by atoms with Gasteiger partial charge in [0.15, 0.2) is 12.4 Å². The lowest BCUT2D eigenvalue weighted by molar-refractivity contribution is -0.310. The monoisotopic (exact) mass is 384 g/mol. The van der Waals surface area contributed by atoms with E-state index in [9.17, 15) is 24.9 Å². The number of aliphatic hydroxyl groups excluding tert-OH is 3. The summed E-state index contributed by atoms with van der Waals surface area (Å²) in [5.41, 5.74) is 0.807. The van der Waals surface area contributed by atoms with Crippen molar-refractivity contribution >= 4 is 11.9 Å². The van der Waals surface area contributed by atoms with Gasteiger partial charge in [-0.25, -0.2) is 0 Å². The van der Waals surface area contributed by atoms with Crippen LogP contribution in [-0.2, 0) is 35.1 Å². The fraction of sp³-hybridized carbons (Fsp3) is 0.556. The van der Waals surface area contributed by atoms with Crippen LogP contribution in [0.1, 0.15) is 19.4 Å². The van der Waals surface area contributed by atoms with Crippen molar-refractivity contribution in [3.05, 3.63) is 35.9 Å². The molecule has 1 heterocycles. The van der Waals surface area contributed by atoms with E-state index in [1.807, 2.05) is 18.2 Å². The molecule has 1 aromatic carbocycles. The van der Waals surface area contributed by atoms with Crippen molar-refractivity contribution in [2.24, 2.45) is 0 Å². The molecule has 0 aromatic heterocycles. The number of aliphatic hydroxyl groups is 3. The second-order valence-corrected chi connectivity index (χ2v) is 6.18. The smallest absolute Gasteiger partial charge is 0.303 e. The van der Waals surface area contributed by atoms with Gasteiger partial charge >= 0.3 is 11.9 Å². The first-order valence-electron chi connectivity index (χ1n) is 8.45. The zero-order valence-electron chi connectivity index (χ0n) is 15.1. The van der Waals surface area contributed by atoms with Crippen molar-refractivity contribution in [3.8, 4) is 0 Å². The highest BCUT2D eigenvalue weighted by Gasteiger charge is 2.48. The van der Waals surface area contributed by atoms with E-state index in [1.165, 1.54) is 6.92 Å². The highest BCUT2D eigenvalue weighted by Crippen LogP contribution is 2.26. The molecule has 9 heteroatoms. The summed E-state index contributed by atoms with van der Waals surface area (Å²) in [4.78, 5) is 22.3. The molecule has 0 spiro atoms. The fourth-order valence-corrected chi connectivity index (χ4v) is 2.74. The van der Waals surface area contributed by atoms with E-state index in [2.05, 4.69) is 0 Å². The molecule has 1 aliphatic rings. The van der Waals surface area contributed by atoms with Crippen molar-refractivity contribution < 1.29 is 43.9 Å². The van der Waals surface area contributed by atoms with Gasteiger partial charge in [0, 0.05) is 13.8 Å². The number of ether oxygens (including phenoxy) is 4. The average molecular weight is 384 g/mol. The van der Waals surface area contributed by atoms with E-state index in [-0.39, 0.29) is 6.61 Å². The molecule has 0 amide bonds. The molecular formula is C18H24O9. The van der Waals surface area contributed by atoms with E-state index in [0.717, 1.165) is 12.5 Å². The Hall–Kier alpha value is -2.04. The summed E-state index contributed by atoms with van der Waals surface area (Å²) in [6.45, 7) is 1.99. The lowest BCUT2D eigenvalue weighted by Crippen LogP contribution is -2.62. The zero-order valence-corrected chi connectivity index (χ0v) is 15.1. The quantitative estimate of drug-likeness (QED) is 0.533. The molecule has 0 bridgehead atoms. The normalized spacial score (nSPS) is 29.0. The highest BCUT2D eigenvalue weighted by molar-refractivity contribution is 5.67. The molecule has 0 saturated carbocycles. The number of benzene rings is 1. The molecule has 150 valence electrons. The molecule has 0 aliphatic carbocycles. The largest absolute Gasteiger partial charge is 0.462 e. The van der Waals surface area contributed by atoms with Crippen LogP contribution in [0.5, 0.6) is 0 Å². The summed E-state index contributed by atoms with van der Waals surface area (Å²) in [6, 6.07) is 9.07.